The van der Waals surface area contributed by atoms with E-state index >= 15 is 0 Å². The lowest BCUT2D eigenvalue weighted by atomic mass is 9.68. The molecule has 9 aromatic carbocycles. The summed E-state index contributed by atoms with van der Waals surface area (Å²) in [5.41, 5.74) is 18.2. The van der Waals surface area contributed by atoms with Crippen molar-refractivity contribution in [3.8, 4) is 33.4 Å². The Morgan fingerprint density at radius 1 is 0.386 bits per heavy atom. The average molecular weight is 728 g/mol. The highest BCUT2D eigenvalue weighted by molar-refractivity contribution is 6.01. The van der Waals surface area contributed by atoms with Gasteiger partial charge in [-0.3, -0.25) is 0 Å². The Bertz CT molecular complexity index is 2950. The molecule has 2 aliphatic rings. The lowest BCUT2D eigenvalue weighted by Crippen LogP contribution is -2.28. The summed E-state index contributed by atoms with van der Waals surface area (Å²) >= 11 is 0. The maximum Gasteiger partial charge on any atom is 0.0714 e. The van der Waals surface area contributed by atoms with E-state index in [0.717, 1.165) is 5.69 Å². The maximum absolute atomic E-state index is 2.57. The zero-order valence-corrected chi connectivity index (χ0v) is 32.2. The first-order chi connectivity index (χ1) is 28.1. The standard InChI is InChI=1S/C56H41N/c1-55(2)48-32-13-11-28-45(48)46-31-17-36-52(54(46)55)57(42-26-15-21-39(37-42)44-30-16-20-38-19-9-10-27-43(38)44)51-35-18-34-50-53(51)47-29-12-14-33-49(47)56(50,40-22-5-3-6-23-40)41-24-7-4-8-25-41/h3-37H,1-2H3. The Morgan fingerprint density at radius 3 is 1.72 bits per heavy atom. The van der Waals surface area contributed by atoms with E-state index in [1.54, 1.807) is 0 Å². The zero-order valence-electron chi connectivity index (χ0n) is 32.2. The van der Waals surface area contributed by atoms with Gasteiger partial charge in [-0.25, -0.2) is 0 Å². The van der Waals surface area contributed by atoms with Crippen molar-refractivity contribution in [1.82, 2.24) is 0 Å². The number of rotatable bonds is 6. The summed E-state index contributed by atoms with van der Waals surface area (Å²) in [6, 6.07) is 78.8. The Balaban J connectivity index is 1.24. The van der Waals surface area contributed by atoms with Crippen LogP contribution >= 0.6 is 0 Å². The predicted molar refractivity (Wildman–Crippen MR) is 239 cm³/mol. The van der Waals surface area contributed by atoms with Crippen LogP contribution in [0.2, 0.25) is 0 Å². The van der Waals surface area contributed by atoms with Crippen molar-refractivity contribution in [2.75, 3.05) is 4.90 Å². The molecule has 9 aromatic rings. The zero-order chi connectivity index (χ0) is 38.1. The molecule has 0 bridgehead atoms. The number of nitrogens with zero attached hydrogens (tertiary/aromatic N) is 1. The summed E-state index contributed by atoms with van der Waals surface area (Å²) in [6.07, 6.45) is 0. The van der Waals surface area contributed by atoms with Gasteiger partial charge in [-0.15, -0.1) is 0 Å². The number of hydrogen-bond donors (Lipinski definition) is 0. The van der Waals surface area contributed by atoms with E-state index in [-0.39, 0.29) is 5.41 Å². The minimum atomic E-state index is -0.505. The van der Waals surface area contributed by atoms with Crippen molar-refractivity contribution in [3.63, 3.8) is 0 Å². The second-order valence-corrected chi connectivity index (χ2v) is 16.0. The van der Waals surface area contributed by atoms with Crippen LogP contribution in [0.1, 0.15) is 47.2 Å². The van der Waals surface area contributed by atoms with Crippen molar-refractivity contribution < 1.29 is 0 Å². The normalized spacial score (nSPS) is 14.1. The number of hydrogen-bond acceptors (Lipinski definition) is 1. The minimum absolute atomic E-state index is 0.221. The molecule has 2 aliphatic carbocycles. The van der Waals surface area contributed by atoms with E-state index in [0.29, 0.717) is 0 Å². The van der Waals surface area contributed by atoms with Crippen molar-refractivity contribution in [3.05, 3.63) is 246 Å². The van der Waals surface area contributed by atoms with Gasteiger partial charge in [-0.1, -0.05) is 202 Å². The van der Waals surface area contributed by atoms with Crippen LogP contribution in [0.25, 0.3) is 44.2 Å². The van der Waals surface area contributed by atoms with Gasteiger partial charge in [0, 0.05) is 16.7 Å². The molecular weight excluding hydrogens is 687 g/mol. The highest BCUT2D eigenvalue weighted by Gasteiger charge is 2.48. The van der Waals surface area contributed by atoms with E-state index in [1.165, 1.54) is 88.9 Å². The third-order valence-corrected chi connectivity index (χ3v) is 12.7. The van der Waals surface area contributed by atoms with Crippen LogP contribution in [0, 0.1) is 0 Å². The van der Waals surface area contributed by atoms with Gasteiger partial charge in [0.05, 0.1) is 16.8 Å². The molecule has 0 aromatic heterocycles. The highest BCUT2D eigenvalue weighted by atomic mass is 15.1. The van der Waals surface area contributed by atoms with E-state index in [1.807, 2.05) is 0 Å². The molecule has 0 saturated heterocycles. The molecule has 0 fully saturated rings. The van der Waals surface area contributed by atoms with Gasteiger partial charge < -0.3 is 4.90 Å². The van der Waals surface area contributed by atoms with Crippen LogP contribution in [0.5, 0.6) is 0 Å². The van der Waals surface area contributed by atoms with Crippen LogP contribution in [0.4, 0.5) is 17.1 Å². The summed E-state index contributed by atoms with van der Waals surface area (Å²) in [4.78, 5) is 2.57. The Kier molecular flexibility index (Phi) is 7.50. The molecule has 0 radical (unpaired) electrons. The van der Waals surface area contributed by atoms with Crippen LogP contribution < -0.4 is 4.90 Å². The fraction of sp³-hybridized carbons (Fsp3) is 0.0714. The molecule has 0 spiro atoms. The van der Waals surface area contributed by atoms with Crippen LogP contribution in [-0.4, -0.2) is 0 Å². The fourth-order valence-corrected chi connectivity index (χ4v) is 10.4. The van der Waals surface area contributed by atoms with E-state index < -0.39 is 5.41 Å². The average Bonchev–Trinajstić information content (AvgIpc) is 3.71. The van der Waals surface area contributed by atoms with Gasteiger partial charge in [0.2, 0.25) is 0 Å². The van der Waals surface area contributed by atoms with E-state index in [9.17, 15) is 0 Å². The Labute approximate surface area is 335 Å². The molecule has 57 heavy (non-hydrogen) atoms. The molecule has 270 valence electrons. The maximum atomic E-state index is 2.57. The number of benzene rings is 9. The van der Waals surface area contributed by atoms with Crippen molar-refractivity contribution in [2.45, 2.75) is 24.7 Å². The van der Waals surface area contributed by atoms with Crippen LogP contribution in [0.15, 0.2) is 212 Å². The third-order valence-electron chi connectivity index (χ3n) is 12.7. The van der Waals surface area contributed by atoms with Crippen molar-refractivity contribution in [1.29, 1.82) is 0 Å². The topological polar surface area (TPSA) is 3.24 Å². The van der Waals surface area contributed by atoms with Crippen LogP contribution in [-0.2, 0) is 10.8 Å². The van der Waals surface area contributed by atoms with E-state index in [4.69, 9.17) is 0 Å². The molecule has 0 saturated carbocycles. The summed E-state index contributed by atoms with van der Waals surface area (Å²) in [5, 5.41) is 2.50. The van der Waals surface area contributed by atoms with Gasteiger partial charge in [0.25, 0.3) is 0 Å². The summed E-state index contributed by atoms with van der Waals surface area (Å²) in [5.74, 6) is 0. The minimum Gasteiger partial charge on any atom is -0.310 e. The first-order valence-electron chi connectivity index (χ1n) is 20.0. The SMILES string of the molecule is CC1(C)c2ccccc2-c2cccc(N(c3cccc(-c4cccc5ccccc45)c3)c3cccc4c3-c3ccccc3C4(c3ccccc3)c3ccccc3)c21. The number of anilines is 3. The summed E-state index contributed by atoms with van der Waals surface area (Å²) in [6.45, 7) is 4.79. The highest BCUT2D eigenvalue weighted by Crippen LogP contribution is 2.61. The van der Waals surface area contributed by atoms with Crippen molar-refractivity contribution >= 4 is 27.8 Å². The molecule has 0 unspecified atom stereocenters. The molecule has 0 aliphatic heterocycles. The molecule has 1 nitrogen and oxygen atoms in total. The van der Waals surface area contributed by atoms with Gasteiger partial charge in [-0.2, -0.15) is 0 Å². The number of fused-ring (bicyclic) bond motifs is 7. The first kappa shape index (κ1) is 33.4. The monoisotopic (exact) mass is 727 g/mol. The fourth-order valence-electron chi connectivity index (χ4n) is 10.4. The second kappa shape index (κ2) is 12.8. The molecule has 0 atom stereocenters. The largest absolute Gasteiger partial charge is 0.310 e. The lowest BCUT2D eigenvalue weighted by Gasteiger charge is -2.35. The lowest BCUT2D eigenvalue weighted by molar-refractivity contribution is 0.661. The predicted octanol–water partition coefficient (Wildman–Crippen LogP) is 14.6. The second-order valence-electron chi connectivity index (χ2n) is 16.0. The van der Waals surface area contributed by atoms with Crippen LogP contribution in [0.3, 0.4) is 0 Å². The molecule has 0 N–H and O–H groups in total. The van der Waals surface area contributed by atoms with Gasteiger partial charge in [0.1, 0.15) is 0 Å². The van der Waals surface area contributed by atoms with Gasteiger partial charge >= 0.3 is 0 Å². The third kappa shape index (κ3) is 4.82. The van der Waals surface area contributed by atoms with Gasteiger partial charge in [0.15, 0.2) is 0 Å². The first-order valence-corrected chi connectivity index (χ1v) is 20.0. The molecule has 1 heteroatoms. The smallest absolute Gasteiger partial charge is 0.0714 e. The molecule has 0 amide bonds. The Morgan fingerprint density at radius 2 is 0.930 bits per heavy atom. The summed E-state index contributed by atoms with van der Waals surface area (Å²) < 4.78 is 0. The van der Waals surface area contributed by atoms with E-state index in [2.05, 4.69) is 231 Å². The van der Waals surface area contributed by atoms with Crippen molar-refractivity contribution in [2.24, 2.45) is 0 Å². The van der Waals surface area contributed by atoms with Gasteiger partial charge in [-0.05, 0) is 96.2 Å². The Hall–Kier alpha value is -6.96. The molecule has 0 heterocycles. The molecular formula is C56H41N. The molecule has 11 rings (SSSR count). The quantitative estimate of drug-likeness (QED) is 0.165. The summed E-state index contributed by atoms with van der Waals surface area (Å²) in [7, 11) is 0.